The zero-order valence-electron chi connectivity index (χ0n) is 16.6. The van der Waals surface area contributed by atoms with Gasteiger partial charge in [0.1, 0.15) is 12.3 Å². The first kappa shape index (κ1) is 17.7. The van der Waals surface area contributed by atoms with Crippen molar-refractivity contribution in [2.24, 2.45) is 5.92 Å². The van der Waals surface area contributed by atoms with E-state index in [-0.39, 0.29) is 5.91 Å². The van der Waals surface area contributed by atoms with Gasteiger partial charge in [0.25, 0.3) is 0 Å². The molecule has 4 aliphatic heterocycles. The molecule has 4 aliphatic rings. The molecule has 3 atom stereocenters. The number of piperidine rings is 3. The van der Waals surface area contributed by atoms with Crippen LogP contribution in [0.5, 0.6) is 5.75 Å². The molecular formula is C22H28N4O2. The van der Waals surface area contributed by atoms with Crippen molar-refractivity contribution in [3.8, 4) is 5.75 Å². The second-order valence-electron chi connectivity index (χ2n) is 8.46. The Morgan fingerprint density at radius 3 is 2.71 bits per heavy atom. The van der Waals surface area contributed by atoms with Gasteiger partial charge in [-0.05, 0) is 50.4 Å². The maximum Gasteiger partial charge on any atom is 0.244 e. The van der Waals surface area contributed by atoms with Gasteiger partial charge in [-0.3, -0.25) is 14.4 Å². The molecule has 1 aromatic carbocycles. The third-order valence-electron chi connectivity index (χ3n) is 6.91. The molecule has 2 bridgehead atoms. The molecule has 6 rings (SSSR count). The summed E-state index contributed by atoms with van der Waals surface area (Å²) in [5.41, 5.74) is 2.32. The van der Waals surface area contributed by atoms with Crippen LogP contribution in [0.1, 0.15) is 29.9 Å². The van der Waals surface area contributed by atoms with Gasteiger partial charge >= 0.3 is 0 Å². The molecule has 2 aromatic rings. The molecule has 0 aliphatic carbocycles. The number of benzene rings is 1. The SMILES string of the molecule is COc1ccccc1[C@H]1CN(C(=O)Cn2cc(C)cn2)[C@H]2C3CCN(CC3)[C@@H]12. The minimum Gasteiger partial charge on any atom is -0.496 e. The van der Waals surface area contributed by atoms with E-state index in [4.69, 9.17) is 4.74 Å². The molecule has 28 heavy (non-hydrogen) atoms. The maximum atomic E-state index is 13.3. The van der Waals surface area contributed by atoms with Crippen LogP contribution in [0.2, 0.25) is 0 Å². The number of aromatic nitrogens is 2. The number of hydrogen-bond acceptors (Lipinski definition) is 4. The van der Waals surface area contributed by atoms with Gasteiger partial charge < -0.3 is 9.64 Å². The number of hydrogen-bond donors (Lipinski definition) is 0. The summed E-state index contributed by atoms with van der Waals surface area (Å²) < 4.78 is 7.44. The van der Waals surface area contributed by atoms with Crippen LogP contribution < -0.4 is 4.74 Å². The van der Waals surface area contributed by atoms with Crippen molar-refractivity contribution in [3.63, 3.8) is 0 Å². The van der Waals surface area contributed by atoms with E-state index in [0.717, 1.165) is 30.9 Å². The Morgan fingerprint density at radius 2 is 2.00 bits per heavy atom. The number of carbonyl (C=O) groups excluding carboxylic acids is 1. The van der Waals surface area contributed by atoms with Crippen LogP contribution in [-0.2, 0) is 11.3 Å². The second-order valence-corrected chi connectivity index (χ2v) is 8.46. The highest BCUT2D eigenvalue weighted by molar-refractivity contribution is 5.77. The molecule has 0 spiro atoms. The van der Waals surface area contributed by atoms with E-state index < -0.39 is 0 Å². The Kier molecular flexibility index (Phi) is 4.38. The van der Waals surface area contributed by atoms with Crippen molar-refractivity contribution in [3.05, 3.63) is 47.8 Å². The summed E-state index contributed by atoms with van der Waals surface area (Å²) in [5, 5.41) is 4.32. The second kappa shape index (κ2) is 6.92. The number of rotatable bonds is 4. The van der Waals surface area contributed by atoms with Gasteiger partial charge in [0.2, 0.25) is 5.91 Å². The highest BCUT2D eigenvalue weighted by Crippen LogP contribution is 2.48. The van der Waals surface area contributed by atoms with Gasteiger partial charge in [-0.1, -0.05) is 18.2 Å². The van der Waals surface area contributed by atoms with Crippen molar-refractivity contribution in [2.75, 3.05) is 26.7 Å². The van der Waals surface area contributed by atoms with E-state index in [1.165, 1.54) is 18.4 Å². The molecule has 6 heteroatoms. The minimum absolute atomic E-state index is 0.184. The van der Waals surface area contributed by atoms with Crippen LogP contribution in [-0.4, -0.2) is 64.3 Å². The first-order valence-electron chi connectivity index (χ1n) is 10.3. The fourth-order valence-electron chi connectivity index (χ4n) is 5.73. The fraction of sp³-hybridized carbons (Fsp3) is 0.545. The molecule has 0 unspecified atom stereocenters. The standard InChI is InChI=1S/C22H28N4O2/c1-15-11-23-25(12-15)14-20(27)26-13-18(17-5-3-4-6-19(17)28-2)22-21(26)16-7-9-24(22)10-8-16/h3-6,11-12,16,18,21-22H,7-10,13-14H2,1-2H3/t18-,21+,22+/m1/s1. The average Bonchev–Trinajstić information content (AvgIpc) is 3.34. The Balaban J connectivity index is 1.48. The van der Waals surface area contributed by atoms with Crippen LogP contribution in [0.15, 0.2) is 36.7 Å². The Morgan fingerprint density at radius 1 is 1.21 bits per heavy atom. The number of amides is 1. The lowest BCUT2D eigenvalue weighted by Gasteiger charge is -2.51. The van der Waals surface area contributed by atoms with E-state index in [1.54, 1.807) is 11.8 Å². The molecule has 148 valence electrons. The molecule has 4 saturated heterocycles. The first-order valence-corrected chi connectivity index (χ1v) is 10.3. The van der Waals surface area contributed by atoms with Crippen molar-refractivity contribution in [2.45, 2.75) is 44.3 Å². The Hall–Kier alpha value is -2.34. The van der Waals surface area contributed by atoms with E-state index in [1.807, 2.05) is 31.5 Å². The molecule has 1 amide bonds. The lowest BCUT2D eigenvalue weighted by Crippen LogP contribution is -2.61. The predicted molar refractivity (Wildman–Crippen MR) is 106 cm³/mol. The van der Waals surface area contributed by atoms with Gasteiger partial charge in [-0.25, -0.2) is 0 Å². The largest absolute Gasteiger partial charge is 0.496 e. The molecule has 0 saturated carbocycles. The number of para-hydroxylation sites is 1. The number of ether oxygens (including phenoxy) is 1. The lowest BCUT2D eigenvalue weighted by molar-refractivity contribution is -0.136. The minimum atomic E-state index is 0.184. The predicted octanol–water partition coefficient (Wildman–Crippen LogP) is 2.29. The van der Waals surface area contributed by atoms with Crippen molar-refractivity contribution in [1.82, 2.24) is 19.6 Å². The summed E-state index contributed by atoms with van der Waals surface area (Å²) in [6, 6.07) is 9.02. The highest BCUT2D eigenvalue weighted by Gasteiger charge is 2.55. The third kappa shape index (κ3) is 2.82. The van der Waals surface area contributed by atoms with E-state index in [9.17, 15) is 4.79 Å². The van der Waals surface area contributed by atoms with Crippen LogP contribution in [0, 0.1) is 12.8 Å². The number of fused-ring (bicyclic) bond motifs is 2. The van der Waals surface area contributed by atoms with E-state index in [0.29, 0.717) is 30.5 Å². The van der Waals surface area contributed by atoms with Crippen LogP contribution in [0.25, 0.3) is 0 Å². The summed E-state index contributed by atoms with van der Waals surface area (Å²) in [5.74, 6) is 2.03. The topological polar surface area (TPSA) is 50.6 Å². The van der Waals surface area contributed by atoms with Gasteiger partial charge in [-0.2, -0.15) is 5.10 Å². The number of aryl methyl sites for hydroxylation is 1. The molecule has 5 heterocycles. The maximum absolute atomic E-state index is 13.3. The molecular weight excluding hydrogens is 352 g/mol. The monoisotopic (exact) mass is 380 g/mol. The Labute approximate surface area is 166 Å². The van der Waals surface area contributed by atoms with Crippen LogP contribution in [0.3, 0.4) is 0 Å². The molecule has 0 N–H and O–H groups in total. The molecule has 6 nitrogen and oxygen atoms in total. The number of likely N-dealkylation sites (tertiary alicyclic amines) is 1. The number of nitrogens with zero attached hydrogens (tertiary/aromatic N) is 4. The zero-order chi connectivity index (χ0) is 19.3. The molecule has 4 fully saturated rings. The lowest BCUT2D eigenvalue weighted by atomic mass is 9.75. The summed E-state index contributed by atoms with van der Waals surface area (Å²) >= 11 is 0. The number of carbonyl (C=O) groups is 1. The van der Waals surface area contributed by atoms with Gasteiger partial charge in [0.05, 0.1) is 19.3 Å². The molecule has 1 aromatic heterocycles. The van der Waals surface area contributed by atoms with Crippen molar-refractivity contribution >= 4 is 5.91 Å². The summed E-state index contributed by atoms with van der Waals surface area (Å²) in [6.45, 7) is 5.39. The zero-order valence-corrected chi connectivity index (χ0v) is 16.6. The third-order valence-corrected chi connectivity index (χ3v) is 6.91. The smallest absolute Gasteiger partial charge is 0.244 e. The summed E-state index contributed by atoms with van der Waals surface area (Å²) in [7, 11) is 1.74. The summed E-state index contributed by atoms with van der Waals surface area (Å²) in [6.07, 6.45) is 6.15. The van der Waals surface area contributed by atoms with Crippen LogP contribution in [0.4, 0.5) is 0 Å². The van der Waals surface area contributed by atoms with E-state index >= 15 is 0 Å². The van der Waals surface area contributed by atoms with Gasteiger partial charge in [-0.15, -0.1) is 0 Å². The summed E-state index contributed by atoms with van der Waals surface area (Å²) in [4.78, 5) is 18.1. The number of methoxy groups -OCH3 is 1. The quantitative estimate of drug-likeness (QED) is 0.817. The first-order chi connectivity index (χ1) is 13.7. The van der Waals surface area contributed by atoms with E-state index in [2.05, 4.69) is 27.0 Å². The Bertz CT molecular complexity index is 871. The van der Waals surface area contributed by atoms with Gasteiger partial charge in [0, 0.05) is 30.3 Å². The normalized spacial score (nSPS) is 31.1. The molecule has 0 radical (unpaired) electrons. The van der Waals surface area contributed by atoms with Crippen LogP contribution >= 0.6 is 0 Å². The average molecular weight is 380 g/mol. The highest BCUT2D eigenvalue weighted by atomic mass is 16.5. The fourth-order valence-corrected chi connectivity index (χ4v) is 5.73. The van der Waals surface area contributed by atoms with Crippen molar-refractivity contribution in [1.29, 1.82) is 0 Å². The van der Waals surface area contributed by atoms with Crippen molar-refractivity contribution < 1.29 is 9.53 Å². The van der Waals surface area contributed by atoms with Gasteiger partial charge in [0.15, 0.2) is 0 Å².